The van der Waals surface area contributed by atoms with E-state index in [1.807, 2.05) is 0 Å². The fourth-order valence-corrected chi connectivity index (χ4v) is 25.3. The van der Waals surface area contributed by atoms with Gasteiger partial charge in [0.05, 0.1) is 0 Å². The summed E-state index contributed by atoms with van der Waals surface area (Å²) in [6, 6.07) is 44.9. The van der Waals surface area contributed by atoms with E-state index in [2.05, 4.69) is 163 Å². The monoisotopic (exact) mass is 950 g/mol. The van der Waals surface area contributed by atoms with Crippen molar-refractivity contribution in [3.8, 4) is 0 Å². The van der Waals surface area contributed by atoms with E-state index in [-0.39, 0.29) is 60.2 Å². The number of hydrogen-bond donors (Lipinski definition) is 0. The Morgan fingerprint density at radius 1 is 0.450 bits per heavy atom. The first-order chi connectivity index (χ1) is 17.9. The summed E-state index contributed by atoms with van der Waals surface area (Å²) in [6.07, 6.45) is 0. The molecule has 0 nitrogen and oxygen atoms in total. The molecule has 0 amide bonds. The minimum absolute atomic E-state index is 0. The molecule has 0 bridgehead atoms. The molecule has 0 unspecified atom stereocenters. The Kier molecular flexibility index (Phi) is 12.5. The third kappa shape index (κ3) is 6.58. The number of rotatable bonds is 7. The van der Waals surface area contributed by atoms with Crippen LogP contribution in [-0.2, 0) is 44.8 Å². The molecule has 0 aliphatic carbocycles. The average molecular weight is 951 g/mol. The van der Waals surface area contributed by atoms with Crippen molar-refractivity contribution in [1.82, 2.24) is 0 Å². The molecule has 0 radical (unpaired) electrons. The van der Waals surface area contributed by atoms with Crippen LogP contribution in [0.15, 0.2) is 121 Å². The van der Waals surface area contributed by atoms with Crippen molar-refractivity contribution in [2.45, 2.75) is 57.0 Å². The molecule has 0 spiro atoms. The predicted molar refractivity (Wildman–Crippen MR) is 179 cm³/mol. The first-order valence-corrected chi connectivity index (χ1v) is 18.9. The summed E-state index contributed by atoms with van der Waals surface area (Å²) in [7, 11) is -1.61. The Morgan fingerprint density at radius 3 is 0.825 bits per heavy atom. The molecule has 4 rings (SSSR count). The number of benzene rings is 4. The second kappa shape index (κ2) is 14.0. The van der Waals surface area contributed by atoms with E-state index in [4.69, 9.17) is 13.3 Å². The molecule has 0 saturated carbocycles. The Morgan fingerprint density at radius 2 is 0.650 bits per heavy atom. The summed E-state index contributed by atoms with van der Waals surface area (Å²) in [4.78, 5) is 0. The maximum absolute atomic E-state index is 5.44. The van der Waals surface area contributed by atoms with Crippen molar-refractivity contribution in [1.29, 1.82) is 0 Å². The zero-order valence-corrected chi connectivity index (χ0v) is 31.5. The summed E-state index contributed by atoms with van der Waals surface area (Å²) in [5.74, 6) is 0. The van der Waals surface area contributed by atoms with Gasteiger partial charge in [-0.2, -0.15) is 0 Å². The number of hydrogen-bond acceptors (Lipinski definition) is 0. The summed E-state index contributed by atoms with van der Waals surface area (Å²) >= 11 is 0. The van der Waals surface area contributed by atoms with Gasteiger partial charge in [-0.25, -0.2) is 0 Å². The van der Waals surface area contributed by atoms with Crippen LogP contribution in [0.2, 0.25) is 0 Å². The van der Waals surface area contributed by atoms with Gasteiger partial charge in [-0.1, -0.05) is 0 Å². The summed E-state index contributed by atoms with van der Waals surface area (Å²) in [6.45, 7) is 22.2. The van der Waals surface area contributed by atoms with Crippen molar-refractivity contribution >= 4 is 43.7 Å². The molecule has 4 aromatic rings. The van der Waals surface area contributed by atoms with Crippen molar-refractivity contribution < 1.29 is 44.8 Å². The molecule has 0 heterocycles. The molecule has 0 atom stereocenters. The maximum atomic E-state index is 5.44. The molecule has 5 heteroatoms. The normalized spacial score (nSPS) is 13.3. The van der Waals surface area contributed by atoms with Crippen molar-refractivity contribution in [3.63, 3.8) is 0 Å². The van der Waals surface area contributed by atoms with Crippen molar-refractivity contribution in [2.24, 2.45) is 0 Å². The fourth-order valence-electron chi connectivity index (χ4n) is 5.56. The molecule has 40 heavy (non-hydrogen) atoms. The Labute approximate surface area is 278 Å². The Hall–Kier alpha value is -0.349. The van der Waals surface area contributed by atoms with E-state index in [1.165, 1.54) is 21.2 Å². The van der Waals surface area contributed by atoms with Crippen LogP contribution < -0.4 is 21.2 Å². The molecule has 0 fully saturated rings. The van der Waals surface area contributed by atoms with E-state index in [1.54, 1.807) is 0 Å². The molecule has 220 valence electrons. The molecule has 0 aromatic heterocycles. The van der Waals surface area contributed by atoms with Crippen LogP contribution in [0, 0.1) is 13.3 Å². The summed E-state index contributed by atoms with van der Waals surface area (Å²) in [5, 5.41) is 5.74. The zero-order valence-electron chi connectivity index (χ0n) is 24.5. The first kappa shape index (κ1) is 35.8. The van der Waals surface area contributed by atoms with Crippen LogP contribution in [0.5, 0.6) is 0 Å². The second-order valence-corrected chi connectivity index (χ2v) is 24.5. The second-order valence-electron chi connectivity index (χ2n) is 12.4. The van der Waals surface area contributed by atoms with E-state index in [0.29, 0.717) is 0 Å². The third-order valence-corrected chi connectivity index (χ3v) is 26.8. The Bertz CT molecular complexity index is 1130. The molecule has 0 N–H and O–H groups in total. The van der Waals surface area contributed by atoms with Gasteiger partial charge in [-0.15, -0.1) is 0 Å². The van der Waals surface area contributed by atoms with Gasteiger partial charge in [0, 0.05) is 0 Å². The van der Waals surface area contributed by atoms with Crippen LogP contribution in [0.3, 0.4) is 0 Å². The van der Waals surface area contributed by atoms with Gasteiger partial charge in [0.2, 0.25) is 0 Å². The molecule has 0 aliphatic heterocycles. The van der Waals surface area contributed by atoms with Crippen LogP contribution >= 0.6 is 22.4 Å². The van der Waals surface area contributed by atoms with E-state index < -0.39 is 22.4 Å². The summed E-state index contributed by atoms with van der Waals surface area (Å²) < 4.78 is 0. The van der Waals surface area contributed by atoms with Crippen LogP contribution in [0.1, 0.15) is 41.5 Å². The van der Waals surface area contributed by atoms with Crippen molar-refractivity contribution in [2.75, 3.05) is 0 Å². The molecular formula is C35H43Au2P3. The van der Waals surface area contributed by atoms with Gasteiger partial charge in [-0.05, 0) is 0 Å². The SMILES string of the molecule is [Au+].[Au+].[CH2-]P([CH2-])(C(P(c1ccccc1)c1ccccc1)P(c1ccccc1)c1ccccc1)(C(C)(C)C)C(C)(C)C. The van der Waals surface area contributed by atoms with Gasteiger partial charge < -0.3 is 0 Å². The minimum atomic E-state index is -3.11. The van der Waals surface area contributed by atoms with Crippen LogP contribution in [0.4, 0.5) is 0 Å². The molecule has 0 saturated heterocycles. The van der Waals surface area contributed by atoms with Gasteiger partial charge in [0.1, 0.15) is 0 Å². The predicted octanol–water partition coefficient (Wildman–Crippen LogP) is 9.26. The standard InChI is InChI=1S/C35H43P3.2Au/c1-34(2,3)38(7,8,35(4,5)6)33(36(29-21-13-9-14-22-29)30-23-15-10-16-24-30)37(31-25-17-11-18-26-31)32-27-19-12-20-28-32;;/h9-28,33H,7-8H2,1-6H3;;/q-2;2*+1. The zero-order chi connectivity index (χ0) is 27.6. The van der Waals surface area contributed by atoms with Gasteiger partial charge in [0.15, 0.2) is 0 Å². The van der Waals surface area contributed by atoms with Gasteiger partial charge in [0.25, 0.3) is 0 Å². The fraction of sp³-hybridized carbons (Fsp3) is 0.257. The van der Waals surface area contributed by atoms with E-state index in [0.717, 1.165) is 0 Å². The van der Waals surface area contributed by atoms with Crippen LogP contribution in [-0.4, -0.2) is 15.5 Å². The van der Waals surface area contributed by atoms with Gasteiger partial charge in [-0.3, -0.25) is 0 Å². The van der Waals surface area contributed by atoms with E-state index in [9.17, 15) is 0 Å². The first-order valence-electron chi connectivity index (χ1n) is 13.4. The van der Waals surface area contributed by atoms with Crippen LogP contribution in [0.25, 0.3) is 0 Å². The molecule has 0 aliphatic rings. The Balaban J connectivity index is 0.00000280. The topological polar surface area (TPSA) is 0 Å². The van der Waals surface area contributed by atoms with Gasteiger partial charge >= 0.3 is 280 Å². The molecule has 4 aromatic carbocycles. The molecular weight excluding hydrogens is 907 g/mol. The van der Waals surface area contributed by atoms with E-state index >= 15 is 0 Å². The average Bonchev–Trinajstić information content (AvgIpc) is 2.89. The third-order valence-electron chi connectivity index (χ3n) is 8.50. The van der Waals surface area contributed by atoms with Crippen molar-refractivity contribution in [3.05, 3.63) is 135 Å². The summed E-state index contributed by atoms with van der Waals surface area (Å²) in [5.41, 5.74) is 0. The quantitative estimate of drug-likeness (QED) is 0.0986.